The molecule has 1 saturated carbocycles. The predicted molar refractivity (Wildman–Crippen MR) is 98.0 cm³/mol. The van der Waals surface area contributed by atoms with Crippen molar-refractivity contribution in [2.75, 3.05) is 6.61 Å². The van der Waals surface area contributed by atoms with Crippen LogP contribution < -0.4 is 0 Å². The zero-order chi connectivity index (χ0) is 20.0. The highest BCUT2D eigenvalue weighted by Crippen LogP contribution is 2.45. The third kappa shape index (κ3) is 5.20. The summed E-state index contributed by atoms with van der Waals surface area (Å²) in [5.41, 5.74) is 0.569. The number of alkyl halides is 2. The molecule has 0 aliphatic heterocycles. The van der Waals surface area contributed by atoms with Gasteiger partial charge in [0.25, 0.3) is 12.0 Å². The molecule has 1 fully saturated rings. The molecule has 28 heavy (non-hydrogen) atoms. The van der Waals surface area contributed by atoms with Crippen molar-refractivity contribution in [3.05, 3.63) is 83.4 Å². The summed E-state index contributed by atoms with van der Waals surface area (Å²) in [6.45, 7) is 0.0276. The Morgan fingerprint density at radius 2 is 1.46 bits per heavy atom. The Labute approximate surface area is 161 Å². The van der Waals surface area contributed by atoms with E-state index < -0.39 is 36.0 Å². The van der Waals surface area contributed by atoms with Crippen molar-refractivity contribution in [3.8, 4) is 0 Å². The van der Waals surface area contributed by atoms with E-state index in [1.54, 1.807) is 0 Å². The first-order chi connectivity index (χ1) is 13.5. The summed E-state index contributed by atoms with van der Waals surface area (Å²) in [5.74, 6) is -4.97. The van der Waals surface area contributed by atoms with Crippen LogP contribution in [0.4, 0.5) is 17.6 Å². The van der Waals surface area contributed by atoms with Crippen LogP contribution in [-0.2, 0) is 22.7 Å². The van der Waals surface area contributed by atoms with E-state index in [-0.39, 0.29) is 26.2 Å². The summed E-state index contributed by atoms with van der Waals surface area (Å²) >= 11 is 0. The molecule has 3 rings (SSSR count). The van der Waals surface area contributed by atoms with Gasteiger partial charge in [0.2, 0.25) is 0 Å². The maximum Gasteiger partial charge on any atom is 0.279 e. The Bertz CT molecular complexity index is 774. The number of halogens is 4. The van der Waals surface area contributed by atoms with E-state index in [1.165, 1.54) is 0 Å². The standard InChI is InChI=1S/C22H22F4O2/c23-21(24)20-12-19(28-14-17-9-5-2-6-10-17)11-18(22(20,25)26)15-27-13-16-7-3-1-4-8-16/h1-10,18-19H,11-15H2/t18-,19-/m0/s1. The van der Waals surface area contributed by atoms with E-state index >= 15 is 0 Å². The lowest BCUT2D eigenvalue weighted by molar-refractivity contribution is -0.115. The molecule has 6 heteroatoms. The van der Waals surface area contributed by atoms with Crippen molar-refractivity contribution in [2.24, 2.45) is 5.92 Å². The zero-order valence-corrected chi connectivity index (χ0v) is 15.3. The molecule has 2 aromatic rings. The van der Waals surface area contributed by atoms with Gasteiger partial charge in [-0.05, 0) is 17.5 Å². The maximum absolute atomic E-state index is 14.6. The number of rotatable bonds is 7. The normalized spacial score (nSPS) is 21.5. The molecule has 0 amide bonds. The average Bonchev–Trinajstić information content (AvgIpc) is 2.69. The van der Waals surface area contributed by atoms with Crippen molar-refractivity contribution < 1.29 is 27.0 Å². The highest BCUT2D eigenvalue weighted by molar-refractivity contribution is 5.20. The van der Waals surface area contributed by atoms with Gasteiger partial charge in [-0.25, -0.2) is 8.78 Å². The lowest BCUT2D eigenvalue weighted by Crippen LogP contribution is -2.43. The maximum atomic E-state index is 14.6. The monoisotopic (exact) mass is 394 g/mol. The third-order valence-corrected chi connectivity index (χ3v) is 4.88. The lowest BCUT2D eigenvalue weighted by Gasteiger charge is -2.37. The summed E-state index contributed by atoms with van der Waals surface area (Å²) in [5, 5.41) is 0. The molecule has 0 saturated heterocycles. The number of ether oxygens (including phenoxy) is 2. The second-order valence-electron chi connectivity index (χ2n) is 6.92. The van der Waals surface area contributed by atoms with Crippen LogP contribution in [0.25, 0.3) is 0 Å². The van der Waals surface area contributed by atoms with E-state index in [2.05, 4.69) is 0 Å². The Morgan fingerprint density at radius 3 is 2.04 bits per heavy atom. The SMILES string of the molecule is FC(F)=C1C[C@@H](OCc2ccccc2)C[C@@H](COCc2ccccc2)C1(F)F. The van der Waals surface area contributed by atoms with Crippen molar-refractivity contribution in [1.29, 1.82) is 0 Å². The van der Waals surface area contributed by atoms with Gasteiger partial charge in [-0.3, -0.25) is 0 Å². The topological polar surface area (TPSA) is 18.5 Å². The summed E-state index contributed by atoms with van der Waals surface area (Å²) in [7, 11) is 0. The van der Waals surface area contributed by atoms with Crippen LogP contribution in [0.2, 0.25) is 0 Å². The van der Waals surface area contributed by atoms with Crippen LogP contribution in [0.15, 0.2) is 72.3 Å². The highest BCUT2D eigenvalue weighted by atomic mass is 19.3. The molecule has 0 spiro atoms. The molecular weight excluding hydrogens is 372 g/mol. The Hall–Kier alpha value is -2.18. The van der Waals surface area contributed by atoms with Crippen LogP contribution in [-0.4, -0.2) is 18.6 Å². The third-order valence-electron chi connectivity index (χ3n) is 4.88. The van der Waals surface area contributed by atoms with Crippen LogP contribution in [0.5, 0.6) is 0 Å². The summed E-state index contributed by atoms with van der Waals surface area (Å²) in [6.07, 6.45) is -3.55. The first-order valence-electron chi connectivity index (χ1n) is 9.16. The fourth-order valence-corrected chi connectivity index (χ4v) is 3.34. The highest BCUT2D eigenvalue weighted by Gasteiger charge is 2.51. The van der Waals surface area contributed by atoms with Crippen LogP contribution in [0.3, 0.4) is 0 Å². The van der Waals surface area contributed by atoms with Crippen molar-refractivity contribution in [3.63, 3.8) is 0 Å². The van der Waals surface area contributed by atoms with Crippen LogP contribution in [0.1, 0.15) is 24.0 Å². The molecule has 0 radical (unpaired) electrons. The molecule has 1 aliphatic rings. The van der Waals surface area contributed by atoms with E-state index in [1.807, 2.05) is 60.7 Å². The van der Waals surface area contributed by atoms with Gasteiger partial charge in [-0.15, -0.1) is 0 Å². The minimum Gasteiger partial charge on any atom is -0.376 e. The number of hydrogen-bond donors (Lipinski definition) is 0. The van der Waals surface area contributed by atoms with Gasteiger partial charge < -0.3 is 9.47 Å². The average molecular weight is 394 g/mol. The van der Waals surface area contributed by atoms with Gasteiger partial charge >= 0.3 is 0 Å². The predicted octanol–water partition coefficient (Wildman–Crippen LogP) is 5.98. The molecular formula is C22H22F4O2. The second kappa shape index (κ2) is 9.34. The molecule has 2 nitrogen and oxygen atoms in total. The second-order valence-corrected chi connectivity index (χ2v) is 6.92. The van der Waals surface area contributed by atoms with E-state index in [0.29, 0.717) is 0 Å². The van der Waals surface area contributed by atoms with E-state index in [9.17, 15) is 17.6 Å². The first kappa shape index (κ1) is 20.6. The molecule has 2 atom stereocenters. The van der Waals surface area contributed by atoms with Gasteiger partial charge in [-0.1, -0.05) is 60.7 Å². The molecule has 1 aliphatic carbocycles. The lowest BCUT2D eigenvalue weighted by atomic mass is 9.80. The summed E-state index contributed by atoms with van der Waals surface area (Å²) in [4.78, 5) is 0. The smallest absolute Gasteiger partial charge is 0.279 e. The van der Waals surface area contributed by atoms with Gasteiger partial charge in [0.05, 0.1) is 37.4 Å². The number of benzene rings is 2. The minimum atomic E-state index is -3.61. The minimum absolute atomic E-state index is 0.0363. The van der Waals surface area contributed by atoms with E-state index in [4.69, 9.17) is 9.47 Å². The Kier molecular flexibility index (Phi) is 6.86. The quantitative estimate of drug-likeness (QED) is 0.538. The largest absolute Gasteiger partial charge is 0.376 e. The van der Waals surface area contributed by atoms with Gasteiger partial charge in [0.15, 0.2) is 0 Å². The van der Waals surface area contributed by atoms with Gasteiger partial charge in [-0.2, -0.15) is 8.78 Å². The molecule has 150 valence electrons. The molecule has 0 heterocycles. The summed E-state index contributed by atoms with van der Waals surface area (Å²) in [6, 6.07) is 18.3. The van der Waals surface area contributed by atoms with Crippen molar-refractivity contribution >= 4 is 0 Å². The molecule has 0 N–H and O–H groups in total. The Morgan fingerprint density at radius 1 is 0.893 bits per heavy atom. The molecule has 0 aromatic heterocycles. The summed E-state index contributed by atoms with van der Waals surface area (Å²) < 4.78 is 66.7. The van der Waals surface area contributed by atoms with Crippen molar-refractivity contribution in [1.82, 2.24) is 0 Å². The van der Waals surface area contributed by atoms with Crippen molar-refractivity contribution in [2.45, 2.75) is 38.1 Å². The molecule has 0 unspecified atom stereocenters. The van der Waals surface area contributed by atoms with Crippen LogP contribution >= 0.6 is 0 Å². The molecule has 0 bridgehead atoms. The van der Waals surface area contributed by atoms with E-state index in [0.717, 1.165) is 11.1 Å². The van der Waals surface area contributed by atoms with Crippen LogP contribution in [0, 0.1) is 5.92 Å². The first-order valence-corrected chi connectivity index (χ1v) is 9.16. The zero-order valence-electron chi connectivity index (χ0n) is 15.3. The molecule has 2 aromatic carbocycles. The fraction of sp³-hybridized carbons (Fsp3) is 0.364. The number of hydrogen-bond acceptors (Lipinski definition) is 2. The Balaban J connectivity index is 1.64. The van der Waals surface area contributed by atoms with Gasteiger partial charge in [0, 0.05) is 6.42 Å². The van der Waals surface area contributed by atoms with Gasteiger partial charge in [0.1, 0.15) is 0 Å². The fourth-order valence-electron chi connectivity index (χ4n) is 3.34.